The van der Waals surface area contributed by atoms with E-state index in [-0.39, 0.29) is 12.1 Å². The molecule has 3 rings (SSSR count). The number of imidazole rings is 1. The first kappa shape index (κ1) is 20.9. The van der Waals surface area contributed by atoms with Crippen molar-refractivity contribution in [2.75, 3.05) is 0 Å². The lowest BCUT2D eigenvalue weighted by molar-refractivity contribution is -0.137. The van der Waals surface area contributed by atoms with Crippen molar-refractivity contribution >= 4 is 17.6 Å². The Balaban J connectivity index is 1.76. The maximum absolute atomic E-state index is 13.1. The van der Waals surface area contributed by atoms with Crippen molar-refractivity contribution in [2.24, 2.45) is 0 Å². The van der Waals surface area contributed by atoms with Crippen molar-refractivity contribution < 1.29 is 9.90 Å². The standard InChI is InChI=1S/C23H25ClN2O3/c24-19-14-12-18(13-15-19)21-17-25(16-8-3-1-2-7-11-22(27)28)23(29)26(21)20-9-5-4-6-10-20/h4-6,9-10,12-15,17H,1-3,7-8,11,16H2,(H,27,28). The number of carbonyl (C=O) groups is 1. The lowest BCUT2D eigenvalue weighted by Crippen LogP contribution is -2.23. The van der Waals surface area contributed by atoms with Crippen LogP contribution in [0.5, 0.6) is 0 Å². The fraction of sp³-hybridized carbons (Fsp3) is 0.304. The van der Waals surface area contributed by atoms with E-state index < -0.39 is 5.97 Å². The van der Waals surface area contributed by atoms with Crippen molar-refractivity contribution in [3.05, 3.63) is 76.3 Å². The third-order valence-corrected chi connectivity index (χ3v) is 5.15. The molecular formula is C23H25ClN2O3. The van der Waals surface area contributed by atoms with Gasteiger partial charge in [-0.3, -0.25) is 13.9 Å². The average Bonchev–Trinajstić information content (AvgIpc) is 3.04. The number of unbranched alkanes of at least 4 members (excludes halogenated alkanes) is 4. The highest BCUT2D eigenvalue weighted by atomic mass is 35.5. The molecule has 0 unspecified atom stereocenters. The van der Waals surface area contributed by atoms with Crippen LogP contribution in [0, 0.1) is 0 Å². The Labute approximate surface area is 175 Å². The lowest BCUT2D eigenvalue weighted by atomic mass is 10.1. The van der Waals surface area contributed by atoms with Crippen LogP contribution in [0.2, 0.25) is 5.02 Å². The van der Waals surface area contributed by atoms with Crippen molar-refractivity contribution in [3.63, 3.8) is 0 Å². The van der Waals surface area contributed by atoms with E-state index in [4.69, 9.17) is 16.7 Å². The zero-order valence-corrected chi connectivity index (χ0v) is 17.0. The Morgan fingerprint density at radius 3 is 2.24 bits per heavy atom. The van der Waals surface area contributed by atoms with Gasteiger partial charge >= 0.3 is 11.7 Å². The molecule has 29 heavy (non-hydrogen) atoms. The summed E-state index contributed by atoms with van der Waals surface area (Å²) >= 11 is 6.02. The molecular weight excluding hydrogens is 388 g/mol. The maximum Gasteiger partial charge on any atom is 0.333 e. The van der Waals surface area contributed by atoms with Gasteiger partial charge in [-0.05, 0) is 37.1 Å². The van der Waals surface area contributed by atoms with E-state index in [1.807, 2.05) is 60.8 Å². The number of nitrogens with zero attached hydrogens (tertiary/aromatic N) is 2. The zero-order valence-electron chi connectivity index (χ0n) is 16.3. The van der Waals surface area contributed by atoms with Gasteiger partial charge < -0.3 is 5.11 Å². The van der Waals surface area contributed by atoms with Gasteiger partial charge in [-0.25, -0.2) is 4.79 Å². The summed E-state index contributed by atoms with van der Waals surface area (Å²) in [4.78, 5) is 23.7. The first-order chi connectivity index (χ1) is 14.1. The number of carboxylic acid groups (broad SMARTS) is 1. The van der Waals surface area contributed by atoms with Gasteiger partial charge in [0.05, 0.1) is 11.4 Å². The van der Waals surface area contributed by atoms with Crippen LogP contribution in [0.15, 0.2) is 65.6 Å². The molecule has 6 heteroatoms. The normalized spacial score (nSPS) is 10.9. The third-order valence-electron chi connectivity index (χ3n) is 4.90. The summed E-state index contributed by atoms with van der Waals surface area (Å²) in [7, 11) is 0. The molecule has 3 aromatic rings. The predicted octanol–water partition coefficient (Wildman–Crippen LogP) is 5.38. The Kier molecular flexibility index (Phi) is 7.30. The van der Waals surface area contributed by atoms with E-state index in [2.05, 4.69) is 0 Å². The minimum atomic E-state index is -0.742. The van der Waals surface area contributed by atoms with Gasteiger partial charge in [-0.15, -0.1) is 0 Å². The first-order valence-corrected chi connectivity index (χ1v) is 10.3. The second-order valence-electron chi connectivity index (χ2n) is 7.08. The Bertz CT molecular complexity index is 991. The van der Waals surface area contributed by atoms with Gasteiger partial charge in [0.1, 0.15) is 0 Å². The van der Waals surface area contributed by atoms with Crippen LogP contribution in [0.25, 0.3) is 16.9 Å². The number of carboxylic acids is 1. The molecule has 152 valence electrons. The number of rotatable bonds is 10. The monoisotopic (exact) mass is 412 g/mol. The summed E-state index contributed by atoms with van der Waals surface area (Å²) in [5.74, 6) is -0.742. The molecule has 0 fully saturated rings. The molecule has 1 heterocycles. The molecule has 0 bridgehead atoms. The molecule has 0 saturated carbocycles. The van der Waals surface area contributed by atoms with Gasteiger partial charge in [0.2, 0.25) is 0 Å². The molecule has 5 nitrogen and oxygen atoms in total. The Morgan fingerprint density at radius 2 is 1.55 bits per heavy atom. The quantitative estimate of drug-likeness (QED) is 0.454. The van der Waals surface area contributed by atoms with Crippen LogP contribution in [-0.2, 0) is 11.3 Å². The summed E-state index contributed by atoms with van der Waals surface area (Å²) in [6.45, 7) is 0.637. The van der Waals surface area contributed by atoms with E-state index in [0.717, 1.165) is 42.6 Å². The predicted molar refractivity (Wildman–Crippen MR) is 116 cm³/mol. The average molecular weight is 413 g/mol. The zero-order chi connectivity index (χ0) is 20.6. The summed E-state index contributed by atoms with van der Waals surface area (Å²) in [5.41, 5.74) is 2.53. The van der Waals surface area contributed by atoms with Crippen LogP contribution in [0.4, 0.5) is 0 Å². The van der Waals surface area contributed by atoms with Crippen LogP contribution in [-0.4, -0.2) is 20.2 Å². The molecule has 0 spiro atoms. The number of halogens is 1. The second-order valence-corrected chi connectivity index (χ2v) is 7.52. The molecule has 0 radical (unpaired) electrons. The highest BCUT2D eigenvalue weighted by Crippen LogP contribution is 2.23. The van der Waals surface area contributed by atoms with Gasteiger partial charge in [0.25, 0.3) is 0 Å². The summed E-state index contributed by atoms with van der Waals surface area (Å²) in [6, 6.07) is 17.1. The minimum absolute atomic E-state index is 0.0629. The van der Waals surface area contributed by atoms with Crippen molar-refractivity contribution in [1.29, 1.82) is 0 Å². The van der Waals surface area contributed by atoms with E-state index in [9.17, 15) is 9.59 Å². The fourth-order valence-corrected chi connectivity index (χ4v) is 3.52. The number of para-hydroxylation sites is 1. The summed E-state index contributed by atoms with van der Waals surface area (Å²) in [5, 5.41) is 9.34. The smallest absolute Gasteiger partial charge is 0.333 e. The van der Waals surface area contributed by atoms with Crippen LogP contribution in [0.1, 0.15) is 38.5 Å². The SMILES string of the molecule is O=C(O)CCCCCCCn1cc(-c2ccc(Cl)cc2)n(-c2ccccc2)c1=O. The van der Waals surface area contributed by atoms with E-state index >= 15 is 0 Å². The number of benzene rings is 2. The number of aliphatic carboxylic acids is 1. The molecule has 0 aliphatic carbocycles. The number of hydrogen-bond acceptors (Lipinski definition) is 2. The number of aryl methyl sites for hydroxylation is 1. The van der Waals surface area contributed by atoms with Crippen LogP contribution >= 0.6 is 11.6 Å². The largest absolute Gasteiger partial charge is 0.481 e. The number of hydrogen-bond donors (Lipinski definition) is 1. The molecule has 0 amide bonds. The van der Waals surface area contributed by atoms with E-state index in [1.54, 1.807) is 9.13 Å². The van der Waals surface area contributed by atoms with E-state index in [0.29, 0.717) is 18.0 Å². The molecule has 0 aliphatic heterocycles. The molecule has 0 aliphatic rings. The Hall–Kier alpha value is -2.79. The topological polar surface area (TPSA) is 64.2 Å². The van der Waals surface area contributed by atoms with E-state index in [1.165, 1.54) is 0 Å². The molecule has 1 aromatic heterocycles. The van der Waals surface area contributed by atoms with Gasteiger partial charge in [0.15, 0.2) is 0 Å². The lowest BCUT2D eigenvalue weighted by Gasteiger charge is -2.07. The number of aromatic nitrogens is 2. The third kappa shape index (κ3) is 5.61. The van der Waals surface area contributed by atoms with Crippen LogP contribution in [0.3, 0.4) is 0 Å². The van der Waals surface area contributed by atoms with Gasteiger partial charge in [-0.2, -0.15) is 0 Å². The highest BCUT2D eigenvalue weighted by molar-refractivity contribution is 6.30. The molecule has 2 aromatic carbocycles. The minimum Gasteiger partial charge on any atom is -0.481 e. The Morgan fingerprint density at radius 1 is 0.897 bits per heavy atom. The second kappa shape index (κ2) is 10.1. The first-order valence-electron chi connectivity index (χ1n) is 9.91. The summed E-state index contributed by atoms with van der Waals surface area (Å²) in [6.07, 6.45) is 6.58. The summed E-state index contributed by atoms with van der Waals surface area (Å²) < 4.78 is 3.49. The fourth-order valence-electron chi connectivity index (χ4n) is 3.39. The van der Waals surface area contributed by atoms with Crippen molar-refractivity contribution in [1.82, 2.24) is 9.13 Å². The molecule has 1 N–H and O–H groups in total. The molecule has 0 atom stereocenters. The van der Waals surface area contributed by atoms with Gasteiger partial charge in [0, 0.05) is 29.7 Å². The maximum atomic E-state index is 13.1. The van der Waals surface area contributed by atoms with Crippen molar-refractivity contribution in [2.45, 2.75) is 45.1 Å². The molecule has 0 saturated heterocycles. The highest BCUT2D eigenvalue weighted by Gasteiger charge is 2.14. The van der Waals surface area contributed by atoms with Crippen LogP contribution < -0.4 is 5.69 Å². The van der Waals surface area contributed by atoms with Crippen molar-refractivity contribution in [3.8, 4) is 16.9 Å². The van der Waals surface area contributed by atoms with Gasteiger partial charge in [-0.1, -0.05) is 61.2 Å².